The van der Waals surface area contributed by atoms with Crippen LogP contribution in [-0.2, 0) is 12.8 Å². The van der Waals surface area contributed by atoms with Crippen molar-refractivity contribution in [3.8, 4) is 0 Å². The fraction of sp³-hybridized carbons (Fsp3) is 0.412. The quantitative estimate of drug-likeness (QED) is 0.250. The van der Waals surface area contributed by atoms with Gasteiger partial charge < -0.3 is 20.6 Å². The second-order valence-electron chi connectivity index (χ2n) is 11.2. The van der Waals surface area contributed by atoms with E-state index in [0.717, 1.165) is 37.3 Å². The van der Waals surface area contributed by atoms with Crippen LogP contribution in [0.2, 0.25) is 0 Å². The Labute approximate surface area is 247 Å². The molecule has 0 spiro atoms. The molecule has 224 valence electrons. The Balaban J connectivity index is 1.54. The zero-order chi connectivity index (χ0) is 30.2. The zero-order valence-electron chi connectivity index (χ0n) is 24.6. The lowest BCUT2D eigenvalue weighted by Gasteiger charge is -2.27. The molecule has 1 aliphatic carbocycles. The largest absolute Gasteiger partial charge is 0.390 e. The number of halogens is 2. The molecule has 0 saturated carbocycles. The minimum Gasteiger partial charge on any atom is -0.390 e. The Bertz CT molecular complexity index is 1370. The summed E-state index contributed by atoms with van der Waals surface area (Å²) < 4.78 is 28.0. The summed E-state index contributed by atoms with van der Waals surface area (Å²) in [6.07, 6.45) is 2.45. The maximum Gasteiger partial charge on any atom is 0.253 e. The van der Waals surface area contributed by atoms with Crippen LogP contribution >= 0.6 is 0 Å². The first-order valence-corrected chi connectivity index (χ1v) is 14.8. The molecule has 1 aliphatic rings. The second kappa shape index (κ2) is 14.5. The van der Waals surface area contributed by atoms with Gasteiger partial charge in [-0.05, 0) is 91.6 Å². The molecule has 0 aromatic heterocycles. The van der Waals surface area contributed by atoms with Gasteiger partial charge in [-0.25, -0.2) is 8.78 Å². The van der Waals surface area contributed by atoms with E-state index in [1.54, 1.807) is 23.1 Å². The Hall–Kier alpha value is -3.62. The number of carbonyl (C=O) groups is 2. The molecular formula is C34H41F2N3O3. The lowest BCUT2D eigenvalue weighted by molar-refractivity contribution is 0.0755. The standard InChI is InChI=1S/C34H41F2N3O3/c1-4-12-39(13-5-2)34(42)26-15-22(3)14-25(19-26)33(41)38-31(18-23-16-27(35)20-28(36)17-23)32(40)21-37-30-11-10-24-8-6-7-9-29(24)30/h6-9,14-17,19-20,30-32,37,40H,4-5,10-13,18,21H2,1-3H3,(H,38,41)/t30-,31+,32-/m1/s1. The number of rotatable bonds is 13. The third-order valence-electron chi connectivity index (χ3n) is 7.73. The van der Waals surface area contributed by atoms with Crippen molar-refractivity contribution in [1.29, 1.82) is 0 Å². The molecule has 0 heterocycles. The van der Waals surface area contributed by atoms with Gasteiger partial charge in [-0.1, -0.05) is 38.1 Å². The first-order valence-electron chi connectivity index (χ1n) is 14.8. The van der Waals surface area contributed by atoms with Crippen molar-refractivity contribution in [2.24, 2.45) is 0 Å². The fourth-order valence-corrected chi connectivity index (χ4v) is 5.77. The highest BCUT2D eigenvalue weighted by Crippen LogP contribution is 2.30. The van der Waals surface area contributed by atoms with E-state index in [-0.39, 0.29) is 30.5 Å². The predicted molar refractivity (Wildman–Crippen MR) is 160 cm³/mol. The van der Waals surface area contributed by atoms with Crippen LogP contribution in [0.15, 0.2) is 60.7 Å². The molecule has 0 radical (unpaired) electrons. The summed E-state index contributed by atoms with van der Waals surface area (Å²) in [6.45, 7) is 7.27. The number of amides is 2. The van der Waals surface area contributed by atoms with Gasteiger partial charge in [-0.3, -0.25) is 9.59 Å². The lowest BCUT2D eigenvalue weighted by atomic mass is 9.99. The highest BCUT2D eigenvalue weighted by molar-refractivity contribution is 6.00. The summed E-state index contributed by atoms with van der Waals surface area (Å²) in [5, 5.41) is 17.6. The van der Waals surface area contributed by atoms with Gasteiger partial charge in [0.2, 0.25) is 0 Å². The third-order valence-corrected chi connectivity index (χ3v) is 7.73. The molecule has 0 aliphatic heterocycles. The minimum atomic E-state index is -1.05. The maximum absolute atomic E-state index is 14.0. The van der Waals surface area contributed by atoms with Crippen LogP contribution in [0.5, 0.6) is 0 Å². The Morgan fingerprint density at radius 3 is 2.33 bits per heavy atom. The average Bonchev–Trinajstić information content (AvgIpc) is 3.37. The van der Waals surface area contributed by atoms with Gasteiger partial charge in [0.1, 0.15) is 11.6 Å². The summed E-state index contributed by atoms with van der Waals surface area (Å²) in [5.74, 6) is -2.06. The van der Waals surface area contributed by atoms with Crippen LogP contribution in [0.3, 0.4) is 0 Å². The van der Waals surface area contributed by atoms with Crippen LogP contribution in [0.4, 0.5) is 8.78 Å². The third kappa shape index (κ3) is 8.01. The highest BCUT2D eigenvalue weighted by atomic mass is 19.1. The van der Waals surface area contributed by atoms with Crippen LogP contribution in [0.25, 0.3) is 0 Å². The van der Waals surface area contributed by atoms with E-state index in [1.165, 1.54) is 23.3 Å². The summed E-state index contributed by atoms with van der Waals surface area (Å²) in [4.78, 5) is 28.6. The zero-order valence-corrected chi connectivity index (χ0v) is 24.6. The molecular weight excluding hydrogens is 536 g/mol. The predicted octanol–water partition coefficient (Wildman–Crippen LogP) is 5.51. The number of nitrogens with zero attached hydrogens (tertiary/aromatic N) is 1. The lowest BCUT2D eigenvalue weighted by Crippen LogP contribution is -2.49. The maximum atomic E-state index is 14.0. The van der Waals surface area contributed by atoms with E-state index in [0.29, 0.717) is 24.2 Å². The number of hydrogen-bond donors (Lipinski definition) is 3. The molecule has 0 saturated heterocycles. The van der Waals surface area contributed by atoms with E-state index in [2.05, 4.69) is 22.8 Å². The molecule has 8 heteroatoms. The number of aliphatic hydroxyl groups is 1. The van der Waals surface area contributed by atoms with Crippen molar-refractivity contribution in [3.63, 3.8) is 0 Å². The van der Waals surface area contributed by atoms with Gasteiger partial charge in [-0.15, -0.1) is 0 Å². The van der Waals surface area contributed by atoms with Gasteiger partial charge in [0, 0.05) is 42.9 Å². The van der Waals surface area contributed by atoms with Gasteiger partial charge in [0.25, 0.3) is 11.8 Å². The minimum absolute atomic E-state index is 0.0168. The van der Waals surface area contributed by atoms with Crippen LogP contribution in [0, 0.1) is 18.6 Å². The number of aliphatic hydroxyl groups excluding tert-OH is 1. The fourth-order valence-electron chi connectivity index (χ4n) is 5.77. The average molecular weight is 578 g/mol. The van der Waals surface area contributed by atoms with Crippen LogP contribution in [-0.4, -0.2) is 53.6 Å². The molecule has 0 unspecified atom stereocenters. The van der Waals surface area contributed by atoms with Crippen molar-refractivity contribution in [3.05, 3.63) is 106 Å². The van der Waals surface area contributed by atoms with E-state index in [4.69, 9.17) is 0 Å². The topological polar surface area (TPSA) is 81.7 Å². The van der Waals surface area contributed by atoms with E-state index in [9.17, 15) is 23.5 Å². The first kappa shape index (κ1) is 31.3. The smallest absolute Gasteiger partial charge is 0.253 e. The summed E-state index contributed by atoms with van der Waals surface area (Å²) >= 11 is 0. The van der Waals surface area contributed by atoms with Crippen molar-refractivity contribution in [1.82, 2.24) is 15.5 Å². The Morgan fingerprint density at radius 1 is 0.976 bits per heavy atom. The molecule has 2 amide bonds. The number of fused-ring (bicyclic) bond motifs is 1. The van der Waals surface area contributed by atoms with Gasteiger partial charge in [0.05, 0.1) is 12.1 Å². The Kier molecular flexibility index (Phi) is 10.8. The summed E-state index contributed by atoms with van der Waals surface area (Å²) in [7, 11) is 0. The van der Waals surface area contributed by atoms with Crippen LogP contribution in [0.1, 0.15) is 82.1 Å². The molecule has 4 rings (SSSR count). The Morgan fingerprint density at radius 2 is 1.64 bits per heavy atom. The molecule has 0 bridgehead atoms. The molecule has 6 nitrogen and oxygen atoms in total. The summed E-state index contributed by atoms with van der Waals surface area (Å²) in [5.41, 5.74) is 4.24. The number of nitrogens with one attached hydrogen (secondary N) is 2. The van der Waals surface area contributed by atoms with Gasteiger partial charge in [-0.2, -0.15) is 0 Å². The van der Waals surface area contributed by atoms with Gasteiger partial charge >= 0.3 is 0 Å². The van der Waals surface area contributed by atoms with Crippen molar-refractivity contribution >= 4 is 11.8 Å². The molecule has 42 heavy (non-hydrogen) atoms. The molecule has 3 aromatic carbocycles. The monoisotopic (exact) mass is 577 g/mol. The number of hydrogen-bond acceptors (Lipinski definition) is 4. The number of carbonyl (C=O) groups excluding carboxylic acids is 2. The van der Waals surface area contributed by atoms with Gasteiger partial charge in [0.15, 0.2) is 0 Å². The summed E-state index contributed by atoms with van der Waals surface area (Å²) in [6, 6.07) is 15.6. The molecule has 3 aromatic rings. The number of benzene rings is 3. The van der Waals surface area contributed by atoms with Crippen molar-refractivity contribution < 1.29 is 23.5 Å². The normalized spacial score (nSPS) is 15.6. The van der Waals surface area contributed by atoms with E-state index < -0.39 is 29.7 Å². The SMILES string of the molecule is CCCN(CCC)C(=O)c1cc(C)cc(C(=O)N[C@@H](Cc2cc(F)cc(F)c2)[C@H](O)CN[C@@H]2CCc3ccccc32)c1. The first-order chi connectivity index (χ1) is 20.2. The van der Waals surface area contributed by atoms with Crippen LogP contribution < -0.4 is 10.6 Å². The molecule has 0 fully saturated rings. The van der Waals surface area contributed by atoms with Crippen molar-refractivity contribution in [2.75, 3.05) is 19.6 Å². The van der Waals surface area contributed by atoms with Crippen molar-refractivity contribution in [2.45, 2.75) is 71.1 Å². The second-order valence-corrected chi connectivity index (χ2v) is 11.2. The molecule has 3 N–H and O–H groups in total. The number of aryl methyl sites for hydroxylation is 2. The van der Waals surface area contributed by atoms with E-state index >= 15 is 0 Å². The molecule has 3 atom stereocenters. The van der Waals surface area contributed by atoms with E-state index in [1.807, 2.05) is 32.9 Å². The highest BCUT2D eigenvalue weighted by Gasteiger charge is 2.27.